The zero-order valence-corrected chi connectivity index (χ0v) is 70.4. The molecule has 658 valence electrons. The number of hydrazine groups is 1. The monoisotopic (exact) mass is 1680 g/mol. The first-order chi connectivity index (χ1) is 56.5. The number of phenolic OH excluding ortho intramolecular Hbond substituents is 1. The fourth-order valence-electron chi connectivity index (χ4n) is 12.3. The molecule has 0 radical (unpaired) electrons. The van der Waals surface area contributed by atoms with E-state index in [1.807, 2.05) is 13.8 Å². The molecule has 1 aliphatic heterocycles. The lowest BCUT2D eigenvalue weighted by molar-refractivity contribution is -0.138. The van der Waals surface area contributed by atoms with Crippen molar-refractivity contribution >= 4 is 112 Å². The number of methoxy groups -OCH3 is 1. The molecule has 0 saturated heterocycles. The first kappa shape index (κ1) is 100. The van der Waals surface area contributed by atoms with Crippen LogP contribution in [-0.4, -0.2) is 224 Å². The Kier molecular flexibility index (Phi) is 44.4. The third kappa shape index (κ3) is 36.0. The summed E-state index contributed by atoms with van der Waals surface area (Å²) in [6.07, 6.45) is 3.46. The fourth-order valence-corrected chi connectivity index (χ4v) is 12.8. The highest BCUT2D eigenvalue weighted by atomic mass is 32.2. The van der Waals surface area contributed by atoms with Gasteiger partial charge >= 0.3 is 11.8 Å². The highest BCUT2D eigenvalue weighted by Gasteiger charge is 2.36. The average molecular weight is 1690 g/mol. The maximum atomic E-state index is 14.4. The molecule has 3 aromatic carbocycles. The Hall–Kier alpha value is -11.0. The number of ether oxygens (including phenoxy) is 1. The van der Waals surface area contributed by atoms with Crippen LogP contribution in [0.5, 0.6) is 11.5 Å². The lowest BCUT2D eigenvalue weighted by Gasteiger charge is -2.27. The molecular formula is C80H124N20O18S. The third-order valence-corrected chi connectivity index (χ3v) is 19.8. The Labute approximate surface area is 698 Å². The number of phenols is 1. The van der Waals surface area contributed by atoms with Gasteiger partial charge in [0.2, 0.25) is 70.9 Å². The van der Waals surface area contributed by atoms with Crippen molar-refractivity contribution in [3.05, 3.63) is 89.5 Å². The first-order valence-electron chi connectivity index (χ1n) is 40.1. The Morgan fingerprint density at radius 2 is 0.899 bits per heavy atom. The second-order valence-corrected chi connectivity index (χ2v) is 31.5. The van der Waals surface area contributed by atoms with Gasteiger partial charge in [0.15, 0.2) is 0 Å². The van der Waals surface area contributed by atoms with Crippen LogP contribution < -0.4 is 113 Å². The SMILES string of the molecule is COc1ccc2cc1C(=O)NNC(=O)[C@H](Cc1ccccc1)NC(=O)[C@H](CCCCN)NC(=O)[C@@H](N)CCCNC(=O)[C@H](C(C)C)NC(=O)[C@H](C(C)C)NC(=O)CNC(=O)CNC(=O)[C@H](C(C)C)NC(=O)[C@H](CCSC)NC(=O)[C@H](CC(C)C)NC(=O)[C@@H](N)CCCNC(=O)[C@H](CCCCN)NC(=O)[C@H](Cc1ccc(O)cc1)NC(=O)C(=O)N2. The van der Waals surface area contributed by atoms with E-state index in [0.717, 1.165) is 6.07 Å². The molecule has 0 unspecified atom stereocenters. The van der Waals surface area contributed by atoms with Crippen LogP contribution >= 0.6 is 11.8 Å². The molecule has 1 heterocycles. The summed E-state index contributed by atoms with van der Waals surface area (Å²) in [6.45, 7) is 12.7. The molecule has 0 aliphatic carbocycles. The molecule has 1 aliphatic rings. The van der Waals surface area contributed by atoms with Crippen molar-refractivity contribution in [1.82, 2.24) is 80.0 Å². The summed E-state index contributed by atoms with van der Waals surface area (Å²) < 4.78 is 5.44. The summed E-state index contributed by atoms with van der Waals surface area (Å²) in [5, 5.41) is 46.7. The number of hydrogen-bond donors (Lipinski definition) is 21. The van der Waals surface area contributed by atoms with Gasteiger partial charge in [-0.05, 0) is 167 Å². The van der Waals surface area contributed by atoms with E-state index in [9.17, 15) is 81.8 Å². The molecule has 119 heavy (non-hydrogen) atoms. The number of amides is 16. The minimum absolute atomic E-state index is 0.0113. The molecule has 25 N–H and O–H groups in total. The van der Waals surface area contributed by atoms with Crippen LogP contribution in [0, 0.1) is 23.7 Å². The van der Waals surface area contributed by atoms with Crippen LogP contribution in [0.2, 0.25) is 0 Å². The van der Waals surface area contributed by atoms with E-state index in [1.54, 1.807) is 78.1 Å². The number of carbonyl (C=O) groups is 16. The van der Waals surface area contributed by atoms with E-state index in [1.165, 1.54) is 55.3 Å². The van der Waals surface area contributed by atoms with Gasteiger partial charge in [-0.15, -0.1) is 0 Å². The van der Waals surface area contributed by atoms with Gasteiger partial charge in [0, 0.05) is 31.6 Å². The summed E-state index contributed by atoms with van der Waals surface area (Å²) in [6, 6.07) is 3.87. The number of rotatable bonds is 21. The standard InChI is InChI=1S/C80H124N20O18S/c1-44(2)38-58-73(110)92-57(32-37-119-10)72(109)97-65(46(5)6)77(114)88-42-62(102)87-43-63(103)96-66(47(7)8)78(115)98-64(45(3)4)76(113)86-36-19-23-53(83)68(105)90-56(25-15-17-34-82)71(108)94-60(39-48-20-12-11-13-21-48)75(112)100-99-67(104)52-41-50(28-31-61(52)118-9)89-79(116)80(117)95-59(40-49-26-29-51(101)30-27-49)74(111)91-55(24-14-16-33-81)70(107)85-35-18-22-54(84)69(106)93-58/h11-13,20-21,26-31,41,44-47,53-60,64-66,101H,14-19,22-25,32-40,42-43,81-84H2,1-10H3,(H,85,107)(H,86,113)(H,87,102)(H,88,114)(H,89,116)(H,90,105)(H,91,111)(H,92,110)(H,93,106)(H,94,108)(H,95,117)(H,96,103)(H,97,109)(H,98,115)(H,99,104)(H,100,112)/t53-,54-,55-,56-,57-,58-,59-,60-,64-,65-,66-/m0/s1. The van der Waals surface area contributed by atoms with E-state index in [0.29, 0.717) is 42.6 Å². The Morgan fingerprint density at radius 3 is 1.45 bits per heavy atom. The lowest BCUT2D eigenvalue weighted by atomic mass is 9.99. The highest BCUT2D eigenvalue weighted by Crippen LogP contribution is 2.24. The van der Waals surface area contributed by atoms with Crippen LogP contribution in [0.25, 0.3) is 0 Å². The summed E-state index contributed by atoms with van der Waals surface area (Å²) >= 11 is 1.38. The summed E-state index contributed by atoms with van der Waals surface area (Å²) in [4.78, 5) is 222. The van der Waals surface area contributed by atoms with Crippen molar-refractivity contribution in [3.63, 3.8) is 0 Å². The van der Waals surface area contributed by atoms with Gasteiger partial charge in [-0.2, -0.15) is 11.8 Å². The van der Waals surface area contributed by atoms with Gasteiger partial charge < -0.3 is 107 Å². The number of hydrogen-bond acceptors (Lipinski definition) is 23. The van der Waals surface area contributed by atoms with Gasteiger partial charge in [0.1, 0.15) is 65.9 Å². The van der Waals surface area contributed by atoms with Gasteiger partial charge in [-0.3, -0.25) is 87.6 Å². The molecule has 0 aromatic heterocycles. The lowest BCUT2D eigenvalue weighted by Crippen LogP contribution is -2.59. The number of nitrogens with two attached hydrogens (primary N) is 4. The van der Waals surface area contributed by atoms with Crippen LogP contribution in [0.3, 0.4) is 0 Å². The van der Waals surface area contributed by atoms with Crippen LogP contribution in [0.1, 0.15) is 154 Å². The molecule has 11 atom stereocenters. The molecule has 39 heteroatoms. The number of benzene rings is 3. The van der Waals surface area contributed by atoms with Crippen molar-refractivity contribution < 1.29 is 86.6 Å². The number of fused-ring (bicyclic) bond motifs is 2. The van der Waals surface area contributed by atoms with Crippen molar-refractivity contribution in [2.45, 2.75) is 212 Å². The van der Waals surface area contributed by atoms with Crippen molar-refractivity contribution in [3.8, 4) is 11.5 Å². The second-order valence-electron chi connectivity index (χ2n) is 30.5. The topological polar surface area (TPSA) is 599 Å². The molecule has 0 fully saturated rings. The zero-order chi connectivity index (χ0) is 88.4. The van der Waals surface area contributed by atoms with E-state index >= 15 is 0 Å². The molecule has 16 amide bonds. The quantitative estimate of drug-likeness (QED) is 0.0393. The minimum atomic E-state index is -1.55. The van der Waals surface area contributed by atoms with Gasteiger partial charge in [0.05, 0.1) is 37.8 Å². The Morgan fingerprint density at radius 1 is 0.437 bits per heavy atom. The number of thioether (sulfide) groups is 1. The summed E-state index contributed by atoms with van der Waals surface area (Å²) in [7, 11) is 1.24. The van der Waals surface area contributed by atoms with Gasteiger partial charge in [-0.25, -0.2) is 0 Å². The maximum absolute atomic E-state index is 14.4. The Bertz CT molecular complexity index is 3900. The van der Waals surface area contributed by atoms with Gasteiger partial charge in [0.25, 0.3) is 11.8 Å². The molecule has 38 nitrogen and oxygen atoms in total. The summed E-state index contributed by atoms with van der Waals surface area (Å²) in [5.74, 6) is -15.2. The van der Waals surface area contributed by atoms with Crippen molar-refractivity contribution in [1.29, 1.82) is 0 Å². The van der Waals surface area contributed by atoms with Crippen LogP contribution in [-0.2, 0) is 84.8 Å². The molecule has 3 aromatic rings. The second kappa shape index (κ2) is 52.7. The number of nitrogens with one attached hydrogen (secondary N) is 16. The third-order valence-electron chi connectivity index (χ3n) is 19.1. The first-order valence-corrected chi connectivity index (χ1v) is 41.5. The molecule has 0 spiro atoms. The van der Waals surface area contributed by atoms with Crippen LogP contribution in [0.4, 0.5) is 5.69 Å². The van der Waals surface area contributed by atoms with E-state index in [-0.39, 0.29) is 119 Å². The number of anilines is 1. The predicted octanol–water partition coefficient (Wildman–Crippen LogP) is -2.33. The van der Waals surface area contributed by atoms with Gasteiger partial charge in [-0.1, -0.05) is 97.9 Å². The highest BCUT2D eigenvalue weighted by molar-refractivity contribution is 7.98. The molecular weight excluding hydrogens is 1560 g/mol. The van der Waals surface area contributed by atoms with E-state index in [2.05, 4.69) is 85.3 Å². The number of unbranched alkanes of at least 4 members (excludes halogenated alkanes) is 2. The minimum Gasteiger partial charge on any atom is -0.508 e. The van der Waals surface area contributed by atoms with Crippen molar-refractivity contribution in [2.24, 2.45) is 46.6 Å². The molecule has 4 rings (SSSR count). The normalized spacial score (nSPS) is 23.3. The average Bonchev–Trinajstić information content (AvgIpc) is 0.833. The number of carbonyl (C=O) groups excluding carboxylic acids is 16. The Balaban J connectivity index is 1.67. The van der Waals surface area contributed by atoms with Crippen LogP contribution in [0.15, 0.2) is 72.8 Å². The predicted molar refractivity (Wildman–Crippen MR) is 446 cm³/mol. The number of aromatic hydroxyl groups is 1. The molecule has 2 bridgehead atoms. The smallest absolute Gasteiger partial charge is 0.313 e. The summed E-state index contributed by atoms with van der Waals surface area (Å²) in [5.41, 5.74) is 29.6. The maximum Gasteiger partial charge on any atom is 0.313 e. The van der Waals surface area contributed by atoms with Crippen molar-refractivity contribution in [2.75, 3.05) is 63.7 Å². The van der Waals surface area contributed by atoms with E-state index < -0.39 is 192 Å². The fraction of sp³-hybridized carbons (Fsp3) is 0.575. The van der Waals surface area contributed by atoms with E-state index in [4.69, 9.17) is 27.7 Å². The molecule has 0 saturated carbocycles. The zero-order valence-electron chi connectivity index (χ0n) is 69.5. The largest absolute Gasteiger partial charge is 0.508 e.